The van der Waals surface area contributed by atoms with Crippen LogP contribution in [0.3, 0.4) is 0 Å². The molecule has 1 unspecified atom stereocenters. The van der Waals surface area contributed by atoms with Crippen molar-refractivity contribution in [3.8, 4) is 0 Å². The standard InChI is InChI=1S/C20H22N2O3S/c1-22(2)15-9-11-20-18(13-15)17-12-14(8-10-19(17)25-20)21-26(23,24)16-6-4-3-5-7-16/h3-8,10,12,15,21H,9,11,13H2,1-2H3. The van der Waals surface area contributed by atoms with E-state index in [1.165, 1.54) is 5.56 Å². The van der Waals surface area contributed by atoms with E-state index in [4.69, 9.17) is 4.42 Å². The molecule has 3 aromatic rings. The van der Waals surface area contributed by atoms with Gasteiger partial charge < -0.3 is 9.32 Å². The van der Waals surface area contributed by atoms with Crippen molar-refractivity contribution in [1.29, 1.82) is 0 Å². The maximum atomic E-state index is 12.6. The summed E-state index contributed by atoms with van der Waals surface area (Å²) in [5, 5.41) is 1.000. The molecule has 0 spiro atoms. The monoisotopic (exact) mass is 370 g/mol. The van der Waals surface area contributed by atoms with E-state index in [9.17, 15) is 8.42 Å². The first kappa shape index (κ1) is 17.1. The highest BCUT2D eigenvalue weighted by Gasteiger charge is 2.25. The lowest BCUT2D eigenvalue weighted by atomic mass is 9.91. The van der Waals surface area contributed by atoms with E-state index in [-0.39, 0.29) is 4.90 Å². The third-order valence-electron chi connectivity index (χ3n) is 5.05. The minimum atomic E-state index is -3.60. The topological polar surface area (TPSA) is 62.6 Å². The van der Waals surface area contributed by atoms with Crippen LogP contribution in [0.5, 0.6) is 0 Å². The summed E-state index contributed by atoms with van der Waals surface area (Å²) < 4.78 is 33.8. The van der Waals surface area contributed by atoms with Gasteiger partial charge in [-0.25, -0.2) is 8.42 Å². The van der Waals surface area contributed by atoms with Crippen LogP contribution in [0.4, 0.5) is 5.69 Å². The quantitative estimate of drug-likeness (QED) is 0.761. The average molecular weight is 370 g/mol. The summed E-state index contributed by atoms with van der Waals surface area (Å²) in [6.07, 6.45) is 2.91. The molecule has 2 aromatic carbocycles. The molecule has 1 atom stereocenters. The molecule has 0 bridgehead atoms. The number of hydrogen-bond acceptors (Lipinski definition) is 4. The van der Waals surface area contributed by atoms with E-state index in [1.807, 2.05) is 12.1 Å². The lowest BCUT2D eigenvalue weighted by Gasteiger charge is -2.27. The minimum absolute atomic E-state index is 0.252. The fourth-order valence-electron chi connectivity index (χ4n) is 3.58. The highest BCUT2D eigenvalue weighted by atomic mass is 32.2. The Morgan fingerprint density at radius 2 is 1.88 bits per heavy atom. The first-order chi connectivity index (χ1) is 12.4. The Labute approximate surface area is 153 Å². The summed E-state index contributed by atoms with van der Waals surface area (Å²) in [4.78, 5) is 2.49. The molecule has 26 heavy (non-hydrogen) atoms. The van der Waals surface area contributed by atoms with E-state index in [0.717, 1.165) is 36.0 Å². The highest BCUT2D eigenvalue weighted by Crippen LogP contribution is 2.34. The second-order valence-electron chi connectivity index (χ2n) is 6.99. The molecule has 0 saturated carbocycles. The number of likely N-dealkylation sites (N-methyl/N-ethyl adjacent to an activating group) is 1. The predicted molar refractivity (Wildman–Crippen MR) is 103 cm³/mol. The normalized spacial score (nSPS) is 17.4. The van der Waals surface area contributed by atoms with Crippen LogP contribution in [0.1, 0.15) is 17.7 Å². The van der Waals surface area contributed by atoms with Gasteiger partial charge in [0.15, 0.2) is 0 Å². The molecule has 0 fully saturated rings. The van der Waals surface area contributed by atoms with Crippen molar-refractivity contribution in [2.45, 2.75) is 30.2 Å². The molecule has 4 rings (SSSR count). The maximum absolute atomic E-state index is 12.6. The lowest BCUT2D eigenvalue weighted by Crippen LogP contribution is -2.33. The molecule has 0 amide bonds. The van der Waals surface area contributed by atoms with Crippen LogP contribution in [-0.4, -0.2) is 33.5 Å². The number of benzene rings is 2. The van der Waals surface area contributed by atoms with Gasteiger partial charge in [0.05, 0.1) is 4.90 Å². The molecule has 0 aliphatic heterocycles. The van der Waals surface area contributed by atoms with Crippen molar-refractivity contribution in [1.82, 2.24) is 4.90 Å². The number of rotatable bonds is 4. The fraction of sp³-hybridized carbons (Fsp3) is 0.300. The summed E-state index contributed by atoms with van der Waals surface area (Å²) in [6.45, 7) is 0. The van der Waals surface area contributed by atoms with Crippen molar-refractivity contribution >= 4 is 26.7 Å². The van der Waals surface area contributed by atoms with Gasteiger partial charge >= 0.3 is 0 Å². The Balaban J connectivity index is 1.69. The lowest BCUT2D eigenvalue weighted by molar-refractivity contribution is 0.261. The number of nitrogens with zero attached hydrogens (tertiary/aromatic N) is 1. The van der Waals surface area contributed by atoms with E-state index in [0.29, 0.717) is 11.7 Å². The van der Waals surface area contributed by atoms with Gasteiger partial charge in [-0.2, -0.15) is 0 Å². The summed E-state index contributed by atoms with van der Waals surface area (Å²) >= 11 is 0. The average Bonchev–Trinajstić information content (AvgIpc) is 2.99. The van der Waals surface area contributed by atoms with Crippen LogP contribution in [-0.2, 0) is 22.9 Å². The first-order valence-electron chi connectivity index (χ1n) is 8.72. The zero-order valence-electron chi connectivity index (χ0n) is 14.9. The second kappa shape index (κ2) is 6.45. The van der Waals surface area contributed by atoms with Gasteiger partial charge in [-0.05, 0) is 57.3 Å². The van der Waals surface area contributed by atoms with Crippen molar-refractivity contribution < 1.29 is 12.8 Å². The maximum Gasteiger partial charge on any atom is 0.261 e. The fourth-order valence-corrected chi connectivity index (χ4v) is 4.65. The second-order valence-corrected chi connectivity index (χ2v) is 8.68. The van der Waals surface area contributed by atoms with E-state index in [2.05, 4.69) is 23.7 Å². The van der Waals surface area contributed by atoms with Crippen LogP contribution >= 0.6 is 0 Å². The molecule has 1 aliphatic rings. The van der Waals surface area contributed by atoms with Crippen molar-refractivity contribution in [3.63, 3.8) is 0 Å². The Morgan fingerprint density at radius 3 is 2.62 bits per heavy atom. The molecule has 1 aromatic heterocycles. The molecular formula is C20H22N2O3S. The van der Waals surface area contributed by atoms with Crippen molar-refractivity contribution in [2.24, 2.45) is 0 Å². The molecule has 1 aliphatic carbocycles. The predicted octanol–water partition coefficient (Wildman–Crippen LogP) is 3.65. The Bertz CT molecular complexity index is 1040. The van der Waals surface area contributed by atoms with Gasteiger partial charge in [0.1, 0.15) is 11.3 Å². The molecule has 0 radical (unpaired) electrons. The van der Waals surface area contributed by atoms with Gasteiger partial charge in [-0.15, -0.1) is 0 Å². The molecule has 5 nitrogen and oxygen atoms in total. The van der Waals surface area contributed by atoms with Crippen LogP contribution in [0.15, 0.2) is 57.8 Å². The van der Waals surface area contributed by atoms with Crippen LogP contribution < -0.4 is 4.72 Å². The number of fused-ring (bicyclic) bond motifs is 3. The Kier molecular flexibility index (Phi) is 4.25. The summed E-state index contributed by atoms with van der Waals surface area (Å²) in [5.41, 5.74) is 2.57. The number of sulfonamides is 1. The molecule has 1 heterocycles. The smallest absolute Gasteiger partial charge is 0.261 e. The largest absolute Gasteiger partial charge is 0.461 e. The van der Waals surface area contributed by atoms with E-state index in [1.54, 1.807) is 36.4 Å². The zero-order chi connectivity index (χ0) is 18.3. The summed E-state index contributed by atoms with van der Waals surface area (Å²) in [5.74, 6) is 1.03. The highest BCUT2D eigenvalue weighted by molar-refractivity contribution is 7.92. The van der Waals surface area contributed by atoms with Gasteiger partial charge in [0.25, 0.3) is 10.0 Å². The SMILES string of the molecule is CN(C)C1CCc2oc3ccc(NS(=O)(=O)c4ccccc4)cc3c2C1. The van der Waals surface area contributed by atoms with E-state index >= 15 is 0 Å². The molecule has 136 valence electrons. The van der Waals surface area contributed by atoms with Crippen molar-refractivity contribution in [2.75, 3.05) is 18.8 Å². The molecular weight excluding hydrogens is 348 g/mol. The Morgan fingerprint density at radius 1 is 1.12 bits per heavy atom. The minimum Gasteiger partial charge on any atom is -0.461 e. The third kappa shape index (κ3) is 3.10. The molecule has 1 N–H and O–H groups in total. The number of hydrogen-bond donors (Lipinski definition) is 1. The number of aryl methyl sites for hydroxylation is 1. The number of anilines is 1. The van der Waals surface area contributed by atoms with Gasteiger partial charge in [-0.3, -0.25) is 4.72 Å². The number of nitrogens with one attached hydrogen (secondary N) is 1. The molecule has 0 saturated heterocycles. The van der Waals surface area contributed by atoms with Gasteiger partial charge in [-0.1, -0.05) is 18.2 Å². The van der Waals surface area contributed by atoms with Crippen LogP contribution in [0.25, 0.3) is 11.0 Å². The van der Waals surface area contributed by atoms with Gasteiger partial charge in [0, 0.05) is 29.1 Å². The number of furan rings is 1. The van der Waals surface area contributed by atoms with Crippen molar-refractivity contribution in [3.05, 3.63) is 59.9 Å². The summed E-state index contributed by atoms with van der Waals surface area (Å²) in [7, 11) is 0.590. The van der Waals surface area contributed by atoms with Crippen LogP contribution in [0, 0.1) is 0 Å². The zero-order valence-corrected chi connectivity index (χ0v) is 15.7. The van der Waals surface area contributed by atoms with E-state index < -0.39 is 10.0 Å². The van der Waals surface area contributed by atoms with Gasteiger partial charge in [0.2, 0.25) is 0 Å². The first-order valence-corrected chi connectivity index (χ1v) is 10.2. The Hall–Kier alpha value is -2.31. The summed E-state index contributed by atoms with van der Waals surface area (Å²) in [6, 6.07) is 14.4. The molecule has 6 heteroatoms. The van der Waals surface area contributed by atoms with Crippen LogP contribution in [0.2, 0.25) is 0 Å². The third-order valence-corrected chi connectivity index (χ3v) is 6.45.